The first-order valence-electron chi connectivity index (χ1n) is 8.42. The van der Waals surface area contributed by atoms with Crippen LogP contribution in [0.4, 0.5) is 0 Å². The summed E-state index contributed by atoms with van der Waals surface area (Å²) in [6, 6.07) is 5.65. The van der Waals surface area contributed by atoms with Gasteiger partial charge in [-0.15, -0.1) is 5.06 Å². The molecule has 2 unspecified atom stereocenters. The number of amides is 2. The lowest BCUT2D eigenvalue weighted by Gasteiger charge is -2.15. The van der Waals surface area contributed by atoms with Crippen molar-refractivity contribution in [3.05, 3.63) is 24.4 Å². The van der Waals surface area contributed by atoms with E-state index < -0.39 is 40.1 Å². The number of imide groups is 1. The quantitative estimate of drug-likeness (QED) is 0.195. The third kappa shape index (κ3) is 8.62. The Bertz CT molecular complexity index is 650. The average Bonchev–Trinajstić information content (AvgIpc) is 3.01. The summed E-state index contributed by atoms with van der Waals surface area (Å²) in [5.74, 6) is -0.146. The number of carbonyl (C=O) groups is 3. The molecule has 1 aliphatic heterocycles. The molecule has 1 saturated heterocycles. The molecule has 2 atom stereocenters. The zero-order chi connectivity index (χ0) is 20.4. The van der Waals surface area contributed by atoms with Crippen molar-refractivity contribution in [2.24, 2.45) is 0 Å². The minimum absolute atomic E-state index is 0.0303. The van der Waals surface area contributed by atoms with Gasteiger partial charge >= 0.3 is 5.97 Å². The van der Waals surface area contributed by atoms with Gasteiger partial charge in [-0.2, -0.15) is 0 Å². The van der Waals surface area contributed by atoms with Crippen LogP contribution in [0.1, 0.15) is 19.3 Å². The van der Waals surface area contributed by atoms with Crippen molar-refractivity contribution < 1.29 is 28.3 Å². The molecule has 1 aliphatic rings. The lowest BCUT2D eigenvalue weighted by molar-refractivity contribution is -0.197. The van der Waals surface area contributed by atoms with E-state index in [1.54, 1.807) is 17.0 Å². The fourth-order valence-corrected chi connectivity index (χ4v) is 7.29. The van der Waals surface area contributed by atoms with Gasteiger partial charge in [0.05, 0.1) is 6.42 Å². The fourth-order valence-electron chi connectivity index (χ4n) is 2.02. The number of rotatable bonds is 12. The van der Waals surface area contributed by atoms with Gasteiger partial charge in [-0.3, -0.25) is 9.59 Å². The molecule has 8 nitrogen and oxygen atoms in total. The molecule has 1 fully saturated rings. The van der Waals surface area contributed by atoms with Gasteiger partial charge in [-0.1, -0.05) is 16.9 Å². The topological polar surface area (TPSA) is 123 Å². The number of hydrogen-bond donors (Lipinski definition) is 0. The van der Waals surface area contributed by atoms with Gasteiger partial charge in [-0.05, 0) is 45.3 Å². The van der Waals surface area contributed by atoms with E-state index in [1.165, 1.54) is 10.8 Å². The molecule has 0 aromatic carbocycles. The monoisotopic (exact) mass is 464 g/mol. The van der Waals surface area contributed by atoms with Crippen LogP contribution in [0.2, 0.25) is 0 Å². The van der Waals surface area contributed by atoms with E-state index in [0.717, 1.165) is 5.03 Å². The zero-order valence-electron chi connectivity index (χ0n) is 14.9. The van der Waals surface area contributed by atoms with Gasteiger partial charge in [0.25, 0.3) is 11.8 Å². The summed E-state index contributed by atoms with van der Waals surface area (Å²) in [6.45, 7) is 0. The Labute approximate surface area is 177 Å². The van der Waals surface area contributed by atoms with Gasteiger partial charge in [0, 0.05) is 24.8 Å². The Morgan fingerprint density at radius 2 is 1.79 bits per heavy atom. The van der Waals surface area contributed by atoms with Gasteiger partial charge in [0.15, 0.2) is 0 Å². The molecular weight excluding hydrogens is 444 g/mol. The molecule has 0 spiro atoms. The lowest BCUT2D eigenvalue weighted by atomic mass is 10.4. The highest BCUT2D eigenvalue weighted by Gasteiger charge is 2.33. The van der Waals surface area contributed by atoms with Crippen molar-refractivity contribution in [1.29, 1.82) is 0 Å². The minimum Gasteiger partial charge on any atom is -0.616 e. The van der Waals surface area contributed by atoms with Crippen LogP contribution in [-0.2, 0) is 41.6 Å². The molecule has 0 aliphatic carbocycles. The van der Waals surface area contributed by atoms with Crippen molar-refractivity contribution in [3.63, 3.8) is 0 Å². The summed E-state index contributed by atoms with van der Waals surface area (Å²) < 4.78 is 23.9. The Balaban J connectivity index is 1.52. The molecule has 2 amide bonds. The summed E-state index contributed by atoms with van der Waals surface area (Å²) in [5, 5.41) is 1.37. The van der Waals surface area contributed by atoms with Crippen molar-refractivity contribution in [2.45, 2.75) is 24.3 Å². The number of hydrogen-bond acceptors (Lipinski definition) is 9. The third-order valence-electron chi connectivity index (χ3n) is 3.45. The van der Waals surface area contributed by atoms with Crippen LogP contribution >= 0.6 is 21.6 Å². The highest BCUT2D eigenvalue weighted by molar-refractivity contribution is 8.76. The normalized spacial score (nSPS) is 16.3. The Hall–Kier alpha value is -0.920. The van der Waals surface area contributed by atoms with Gasteiger partial charge < -0.3 is 13.9 Å². The van der Waals surface area contributed by atoms with Gasteiger partial charge in [0.2, 0.25) is 0 Å². The molecule has 0 bridgehead atoms. The minimum atomic E-state index is -1.32. The van der Waals surface area contributed by atoms with Crippen LogP contribution in [0.5, 0.6) is 0 Å². The van der Waals surface area contributed by atoms with E-state index in [9.17, 15) is 23.5 Å². The molecule has 1 aromatic heterocycles. The number of pyridine rings is 1. The molecule has 154 valence electrons. The zero-order valence-corrected chi connectivity index (χ0v) is 18.2. The lowest BCUT2D eigenvalue weighted by Crippen LogP contribution is -2.33. The maximum Gasteiger partial charge on any atom is 0.337 e. The first kappa shape index (κ1) is 23.4. The summed E-state index contributed by atoms with van der Waals surface area (Å²) >= 11 is -2.41. The average molecular weight is 465 g/mol. The van der Waals surface area contributed by atoms with Crippen LogP contribution in [0.3, 0.4) is 0 Å². The first-order chi connectivity index (χ1) is 13.5. The number of carbonyl (C=O) groups excluding carboxylic acids is 3. The third-order valence-corrected chi connectivity index (χ3v) is 8.87. The molecule has 2 heterocycles. The Morgan fingerprint density at radius 3 is 2.43 bits per heavy atom. The highest BCUT2D eigenvalue weighted by Crippen LogP contribution is 2.28. The molecule has 0 saturated carbocycles. The number of aromatic nitrogens is 1. The van der Waals surface area contributed by atoms with E-state index in [2.05, 4.69) is 4.98 Å². The predicted octanol–water partition coefficient (Wildman–Crippen LogP) is 1.32. The highest BCUT2D eigenvalue weighted by atomic mass is 33.1. The summed E-state index contributed by atoms with van der Waals surface area (Å²) in [7, 11) is 3.08. The van der Waals surface area contributed by atoms with E-state index >= 15 is 0 Å². The summed E-state index contributed by atoms with van der Waals surface area (Å²) in [6.07, 6.45) is 1.60. The van der Waals surface area contributed by atoms with Crippen LogP contribution in [0, 0.1) is 0 Å². The van der Waals surface area contributed by atoms with Crippen LogP contribution in [-0.4, -0.2) is 65.7 Å². The molecule has 2 rings (SSSR count). The van der Waals surface area contributed by atoms with Gasteiger partial charge in [0.1, 0.15) is 28.0 Å². The SMILES string of the molecule is O=C(CC[S+]([O-])CC[S+]([O-])CCSSc1ccccn1)ON1C(=O)CCC1=O. The number of hydroxylamine groups is 2. The van der Waals surface area contributed by atoms with Crippen molar-refractivity contribution in [2.75, 3.05) is 28.8 Å². The molecular formula is C16H20N2O6S4. The molecule has 0 radical (unpaired) electrons. The smallest absolute Gasteiger partial charge is 0.337 e. The van der Waals surface area contributed by atoms with Crippen LogP contribution in [0.15, 0.2) is 29.4 Å². The van der Waals surface area contributed by atoms with Crippen molar-refractivity contribution in [1.82, 2.24) is 10.0 Å². The van der Waals surface area contributed by atoms with E-state index in [-0.39, 0.29) is 30.8 Å². The van der Waals surface area contributed by atoms with E-state index in [1.807, 2.05) is 18.2 Å². The predicted molar refractivity (Wildman–Crippen MR) is 110 cm³/mol. The van der Waals surface area contributed by atoms with Gasteiger partial charge in [-0.25, -0.2) is 9.78 Å². The Morgan fingerprint density at radius 1 is 1.11 bits per heavy atom. The van der Waals surface area contributed by atoms with Crippen molar-refractivity contribution in [3.8, 4) is 0 Å². The first-order valence-corrected chi connectivity index (χ1v) is 13.7. The maximum absolute atomic E-state index is 12.0. The molecule has 12 heteroatoms. The van der Waals surface area contributed by atoms with Crippen LogP contribution in [0.25, 0.3) is 0 Å². The maximum atomic E-state index is 12.0. The second-order valence-electron chi connectivity index (χ2n) is 5.56. The Kier molecular flexibility index (Phi) is 10.5. The van der Waals surface area contributed by atoms with Crippen molar-refractivity contribution >= 4 is 61.7 Å². The summed E-state index contributed by atoms with van der Waals surface area (Å²) in [5.41, 5.74) is 0. The standard InChI is InChI=1S/C16H20N2O6S4/c19-14-4-5-15(20)18(14)24-16(21)6-9-27(22)11-12-28(23)10-8-25-26-13-3-1-2-7-17-13/h1-3,7H,4-6,8-12H2. The van der Waals surface area contributed by atoms with E-state index in [0.29, 0.717) is 22.3 Å². The van der Waals surface area contributed by atoms with E-state index in [4.69, 9.17) is 4.84 Å². The van der Waals surface area contributed by atoms with Crippen LogP contribution < -0.4 is 0 Å². The fraction of sp³-hybridized carbons (Fsp3) is 0.500. The molecule has 1 aromatic rings. The summed E-state index contributed by atoms with van der Waals surface area (Å²) in [4.78, 5) is 43.2. The second-order valence-corrected chi connectivity index (χ2v) is 11.4. The molecule has 0 N–H and O–H groups in total. The molecule has 28 heavy (non-hydrogen) atoms. The largest absolute Gasteiger partial charge is 0.616 e. The number of nitrogens with zero attached hydrogens (tertiary/aromatic N) is 2. The second kappa shape index (κ2) is 12.6.